The van der Waals surface area contributed by atoms with Crippen LogP contribution in [0.4, 0.5) is 0 Å². The maximum atomic E-state index is 11.1. The first-order chi connectivity index (χ1) is 7.54. The molecule has 1 N–H and O–H groups in total. The first-order valence-electron chi connectivity index (χ1n) is 4.38. The van der Waals surface area contributed by atoms with Crippen LogP contribution in [0.15, 0.2) is 18.0 Å². The highest BCUT2D eigenvalue weighted by molar-refractivity contribution is 6.30. The number of carbonyl (C=O) groups is 1. The Hall–Kier alpha value is -1.82. The Balaban J connectivity index is 2.94. The first-order valence-corrected chi connectivity index (χ1v) is 4.76. The number of hydrogen-bond acceptors (Lipinski definition) is 5. The van der Waals surface area contributed by atoms with Crippen LogP contribution in [-0.2, 0) is 9.53 Å². The molecule has 0 radical (unpaired) electrons. The fraction of sp³-hybridized carbons (Fsp3) is 0.222. The van der Waals surface area contributed by atoms with Gasteiger partial charge in [-0.1, -0.05) is 16.4 Å². The normalized spacial score (nSPS) is 11.2. The number of ether oxygens (including phenoxy) is 1. The summed E-state index contributed by atoms with van der Waals surface area (Å²) < 4.78 is 4.55. The molecule has 0 atom stereocenters. The van der Waals surface area contributed by atoms with Gasteiger partial charge in [-0.05, 0) is 13.0 Å². The average molecular weight is 245 g/mol. The highest BCUT2D eigenvalue weighted by Crippen LogP contribution is 2.13. The Morgan fingerprint density at radius 1 is 1.81 bits per heavy atom. The fourth-order valence-electron chi connectivity index (χ4n) is 0.909. The largest absolute Gasteiger partial charge is 0.594 e. The Labute approximate surface area is 96.3 Å². The van der Waals surface area contributed by atoms with Crippen molar-refractivity contribution in [2.24, 2.45) is 0 Å². The van der Waals surface area contributed by atoms with Gasteiger partial charge in [0.05, 0.1) is 6.61 Å². The van der Waals surface area contributed by atoms with Gasteiger partial charge in [0.2, 0.25) is 17.1 Å². The lowest BCUT2D eigenvalue weighted by atomic mass is 10.2. The predicted molar refractivity (Wildman–Crippen MR) is 55.4 cm³/mol. The summed E-state index contributed by atoms with van der Waals surface area (Å²) >= 11 is 5.62. The number of esters is 1. The first kappa shape index (κ1) is 12.3. The molecule has 0 amide bonds. The number of rotatable bonds is 3. The van der Waals surface area contributed by atoms with Gasteiger partial charge in [0.1, 0.15) is 0 Å². The second-order valence-corrected chi connectivity index (χ2v) is 3.07. The van der Waals surface area contributed by atoms with Crippen LogP contribution >= 0.6 is 11.6 Å². The van der Waals surface area contributed by atoms with Crippen molar-refractivity contribution in [3.8, 4) is 0 Å². The second kappa shape index (κ2) is 5.32. The third kappa shape index (κ3) is 3.09. The van der Waals surface area contributed by atoms with E-state index in [4.69, 9.17) is 11.6 Å². The standard InChI is InChI=1S/C9H9ClN2O4/c1-2-16-9(14)7(13)5-6-3-4-12(15)11-8(6)10/h3-5,13H,2H2,1H3. The van der Waals surface area contributed by atoms with Crippen molar-refractivity contribution in [2.45, 2.75) is 6.92 Å². The quantitative estimate of drug-likeness (QED) is 0.280. The van der Waals surface area contributed by atoms with Crippen LogP contribution in [0.5, 0.6) is 0 Å². The summed E-state index contributed by atoms with van der Waals surface area (Å²) in [6.45, 7) is 1.76. The minimum absolute atomic E-state index is 0.117. The van der Waals surface area contributed by atoms with E-state index < -0.39 is 11.7 Å². The Kier molecular flexibility index (Phi) is 4.07. The van der Waals surface area contributed by atoms with Gasteiger partial charge in [0.25, 0.3) is 0 Å². The Morgan fingerprint density at radius 3 is 3.06 bits per heavy atom. The highest BCUT2D eigenvalue weighted by atomic mass is 35.5. The molecule has 0 aliphatic carbocycles. The molecule has 0 aromatic carbocycles. The topological polar surface area (TPSA) is 86.4 Å². The fourth-order valence-corrected chi connectivity index (χ4v) is 1.10. The molecule has 0 saturated carbocycles. The zero-order chi connectivity index (χ0) is 12.1. The van der Waals surface area contributed by atoms with Gasteiger partial charge in [-0.15, -0.1) is 0 Å². The molecule has 0 unspecified atom stereocenters. The molecule has 0 aliphatic rings. The summed E-state index contributed by atoms with van der Waals surface area (Å²) in [6.07, 6.45) is 2.17. The molecule has 0 spiro atoms. The molecule has 0 fully saturated rings. The van der Waals surface area contributed by atoms with Crippen molar-refractivity contribution in [1.82, 2.24) is 5.10 Å². The van der Waals surface area contributed by atoms with Crippen LogP contribution in [0, 0.1) is 5.21 Å². The molecule has 6 nitrogen and oxygen atoms in total. The predicted octanol–water partition coefficient (Wildman–Crippen LogP) is 0.830. The van der Waals surface area contributed by atoms with E-state index in [2.05, 4.69) is 9.84 Å². The van der Waals surface area contributed by atoms with E-state index in [0.29, 0.717) is 0 Å². The zero-order valence-corrected chi connectivity index (χ0v) is 9.14. The molecule has 0 aliphatic heterocycles. The molecule has 1 heterocycles. The van der Waals surface area contributed by atoms with Gasteiger partial charge in [0, 0.05) is 16.7 Å². The number of nitrogens with zero attached hydrogens (tertiary/aromatic N) is 2. The van der Waals surface area contributed by atoms with Crippen molar-refractivity contribution < 1.29 is 19.5 Å². The molecule has 16 heavy (non-hydrogen) atoms. The number of aliphatic hydroxyl groups excluding tert-OH is 1. The molecule has 0 saturated heterocycles. The number of aliphatic hydroxyl groups is 1. The summed E-state index contributed by atoms with van der Waals surface area (Å²) in [5, 5.41) is 23.3. The monoisotopic (exact) mass is 244 g/mol. The molecule has 1 rings (SSSR count). The van der Waals surface area contributed by atoms with Gasteiger partial charge < -0.3 is 15.1 Å². The van der Waals surface area contributed by atoms with Crippen LogP contribution in [0.25, 0.3) is 6.08 Å². The highest BCUT2D eigenvalue weighted by Gasteiger charge is 2.11. The molecule has 7 heteroatoms. The van der Waals surface area contributed by atoms with Gasteiger partial charge in [-0.2, -0.15) is 0 Å². The van der Waals surface area contributed by atoms with Crippen molar-refractivity contribution >= 4 is 23.6 Å². The van der Waals surface area contributed by atoms with Crippen LogP contribution < -0.4 is 4.85 Å². The summed E-state index contributed by atoms with van der Waals surface area (Å²) in [7, 11) is 0. The van der Waals surface area contributed by atoms with Crippen molar-refractivity contribution in [2.75, 3.05) is 6.61 Å². The lowest BCUT2D eigenvalue weighted by Gasteiger charge is -2.00. The van der Waals surface area contributed by atoms with Crippen LogP contribution in [0.1, 0.15) is 12.5 Å². The minimum atomic E-state index is -0.864. The number of aromatic nitrogens is 2. The minimum Gasteiger partial charge on any atom is -0.594 e. The van der Waals surface area contributed by atoms with Crippen molar-refractivity contribution in [1.29, 1.82) is 0 Å². The number of halogens is 1. The van der Waals surface area contributed by atoms with E-state index >= 15 is 0 Å². The van der Waals surface area contributed by atoms with Crippen LogP contribution in [0.3, 0.4) is 0 Å². The molecule has 1 aromatic rings. The van der Waals surface area contributed by atoms with E-state index in [0.717, 1.165) is 12.3 Å². The van der Waals surface area contributed by atoms with Gasteiger partial charge in [-0.25, -0.2) is 4.79 Å². The summed E-state index contributed by atoms with van der Waals surface area (Å²) in [4.78, 5) is 11.3. The van der Waals surface area contributed by atoms with E-state index in [1.807, 2.05) is 0 Å². The number of carbonyl (C=O) groups excluding carboxylic acids is 1. The smallest absolute Gasteiger partial charge is 0.373 e. The Bertz CT molecular complexity index is 434. The van der Waals surface area contributed by atoms with Gasteiger partial charge in [-0.3, -0.25) is 0 Å². The maximum absolute atomic E-state index is 11.1. The zero-order valence-electron chi connectivity index (χ0n) is 8.38. The molecule has 86 valence electrons. The van der Waals surface area contributed by atoms with E-state index in [1.54, 1.807) is 6.92 Å². The van der Waals surface area contributed by atoms with E-state index in [-0.39, 0.29) is 22.2 Å². The third-order valence-corrected chi connectivity index (χ3v) is 1.88. The second-order valence-electron chi connectivity index (χ2n) is 2.71. The summed E-state index contributed by atoms with van der Waals surface area (Å²) in [6, 6.07) is 1.32. The molecular weight excluding hydrogens is 236 g/mol. The van der Waals surface area contributed by atoms with Crippen molar-refractivity contribution in [3.63, 3.8) is 0 Å². The summed E-state index contributed by atoms with van der Waals surface area (Å²) in [5.41, 5.74) is 0.249. The third-order valence-electron chi connectivity index (χ3n) is 1.58. The van der Waals surface area contributed by atoms with E-state index in [9.17, 15) is 15.1 Å². The summed E-state index contributed by atoms with van der Waals surface area (Å²) in [5.74, 6) is -1.47. The Morgan fingerprint density at radius 2 is 2.50 bits per heavy atom. The molecule has 1 aromatic heterocycles. The average Bonchev–Trinajstić information content (AvgIpc) is 2.22. The molecule has 0 bridgehead atoms. The van der Waals surface area contributed by atoms with Gasteiger partial charge in [0.15, 0.2) is 0 Å². The lowest BCUT2D eigenvalue weighted by molar-refractivity contribution is -0.669. The van der Waals surface area contributed by atoms with Gasteiger partial charge >= 0.3 is 5.97 Å². The van der Waals surface area contributed by atoms with E-state index in [1.165, 1.54) is 6.07 Å². The van der Waals surface area contributed by atoms with Crippen LogP contribution in [-0.4, -0.2) is 22.8 Å². The van der Waals surface area contributed by atoms with Crippen LogP contribution in [0.2, 0.25) is 5.15 Å². The SMILES string of the molecule is CCOC(=O)C(O)=Cc1cc[n+]([O-])nc1Cl. The lowest BCUT2D eigenvalue weighted by Crippen LogP contribution is -2.30. The number of hydrogen-bond donors (Lipinski definition) is 1. The maximum Gasteiger partial charge on any atom is 0.373 e. The molecular formula is C9H9ClN2O4. The van der Waals surface area contributed by atoms with Crippen molar-refractivity contribution in [3.05, 3.63) is 33.9 Å².